The highest BCUT2D eigenvalue weighted by Crippen LogP contribution is 2.19. The van der Waals surface area contributed by atoms with Crippen LogP contribution in [0.3, 0.4) is 0 Å². The highest BCUT2D eigenvalue weighted by molar-refractivity contribution is 5.80. The number of oxazole rings is 1. The second-order valence-electron chi connectivity index (χ2n) is 5.54. The van der Waals surface area contributed by atoms with E-state index in [1.54, 1.807) is 0 Å². The molecule has 1 aromatic heterocycles. The molecule has 0 radical (unpaired) electrons. The van der Waals surface area contributed by atoms with Crippen LogP contribution in [-0.4, -0.2) is 17.4 Å². The van der Waals surface area contributed by atoms with Crippen LogP contribution in [0.2, 0.25) is 0 Å². The van der Waals surface area contributed by atoms with Crippen molar-refractivity contribution in [2.75, 3.05) is 6.54 Å². The van der Waals surface area contributed by atoms with E-state index in [4.69, 9.17) is 4.42 Å². The van der Waals surface area contributed by atoms with Crippen molar-refractivity contribution < 1.29 is 9.21 Å². The van der Waals surface area contributed by atoms with Gasteiger partial charge in [0.15, 0.2) is 12.0 Å². The first-order chi connectivity index (χ1) is 10.3. The molecule has 0 saturated heterocycles. The van der Waals surface area contributed by atoms with Crippen LogP contribution in [0.15, 0.2) is 40.7 Å². The standard InChI is InChI=1S/C17H20N2O2/c20-17(18-9-8-13-4-2-1-3-5-13)11-14-6-7-15-16(10-14)21-12-19-15/h4,6-7,10,12H,1-3,5,8-9,11H2,(H,18,20). The molecule has 1 aliphatic rings. The Bertz CT molecular complexity index is 658. The summed E-state index contributed by atoms with van der Waals surface area (Å²) < 4.78 is 5.25. The number of rotatable bonds is 5. The second kappa shape index (κ2) is 6.57. The SMILES string of the molecule is O=C(Cc1ccc2ncoc2c1)NCCC1=CCCCC1. The van der Waals surface area contributed by atoms with Gasteiger partial charge in [0.2, 0.25) is 5.91 Å². The summed E-state index contributed by atoms with van der Waals surface area (Å²) in [5, 5.41) is 2.99. The van der Waals surface area contributed by atoms with Crippen LogP contribution >= 0.6 is 0 Å². The fourth-order valence-electron chi connectivity index (χ4n) is 2.75. The molecular formula is C17H20N2O2. The van der Waals surface area contributed by atoms with Crippen molar-refractivity contribution >= 4 is 17.0 Å². The van der Waals surface area contributed by atoms with Crippen molar-refractivity contribution in [3.8, 4) is 0 Å². The summed E-state index contributed by atoms with van der Waals surface area (Å²) in [5.74, 6) is 0.0604. The first kappa shape index (κ1) is 13.9. The lowest BCUT2D eigenvalue weighted by Crippen LogP contribution is -2.26. The van der Waals surface area contributed by atoms with Crippen molar-refractivity contribution in [3.05, 3.63) is 41.8 Å². The Labute approximate surface area is 124 Å². The van der Waals surface area contributed by atoms with Crippen molar-refractivity contribution in [1.82, 2.24) is 10.3 Å². The zero-order valence-corrected chi connectivity index (χ0v) is 12.1. The summed E-state index contributed by atoms with van der Waals surface area (Å²) in [5.41, 5.74) is 3.99. The summed E-state index contributed by atoms with van der Waals surface area (Å²) in [6.07, 6.45) is 10.1. The maximum absolute atomic E-state index is 12.0. The predicted molar refractivity (Wildman–Crippen MR) is 81.9 cm³/mol. The quantitative estimate of drug-likeness (QED) is 0.856. The van der Waals surface area contributed by atoms with Gasteiger partial charge in [0.05, 0.1) is 6.42 Å². The number of benzene rings is 1. The molecule has 0 unspecified atom stereocenters. The number of fused-ring (bicyclic) bond motifs is 1. The van der Waals surface area contributed by atoms with Crippen LogP contribution < -0.4 is 5.32 Å². The molecule has 0 saturated carbocycles. The normalized spacial score (nSPS) is 15.0. The van der Waals surface area contributed by atoms with E-state index in [1.165, 1.54) is 37.7 Å². The molecule has 0 atom stereocenters. The summed E-state index contributed by atoms with van der Waals surface area (Å²) in [7, 11) is 0. The second-order valence-corrected chi connectivity index (χ2v) is 5.54. The van der Waals surface area contributed by atoms with E-state index in [2.05, 4.69) is 16.4 Å². The largest absolute Gasteiger partial charge is 0.443 e. The van der Waals surface area contributed by atoms with Crippen molar-refractivity contribution in [2.45, 2.75) is 38.5 Å². The smallest absolute Gasteiger partial charge is 0.224 e. The molecular weight excluding hydrogens is 264 g/mol. The van der Waals surface area contributed by atoms with E-state index in [0.717, 1.165) is 29.6 Å². The number of carbonyl (C=O) groups is 1. The molecule has 1 amide bonds. The van der Waals surface area contributed by atoms with Crippen LogP contribution in [0.4, 0.5) is 0 Å². The number of allylic oxidation sites excluding steroid dienone is 1. The van der Waals surface area contributed by atoms with Crippen LogP contribution in [0, 0.1) is 0 Å². The number of nitrogens with one attached hydrogen (secondary N) is 1. The Kier molecular flexibility index (Phi) is 4.34. The van der Waals surface area contributed by atoms with E-state index < -0.39 is 0 Å². The first-order valence-corrected chi connectivity index (χ1v) is 7.58. The van der Waals surface area contributed by atoms with E-state index in [-0.39, 0.29) is 5.91 Å². The van der Waals surface area contributed by atoms with Gasteiger partial charge in [0.25, 0.3) is 0 Å². The van der Waals surface area contributed by atoms with Crippen molar-refractivity contribution in [1.29, 1.82) is 0 Å². The van der Waals surface area contributed by atoms with Gasteiger partial charge in [-0.1, -0.05) is 17.7 Å². The van der Waals surface area contributed by atoms with Crippen LogP contribution in [0.1, 0.15) is 37.7 Å². The third-order valence-corrected chi connectivity index (χ3v) is 3.91. The highest BCUT2D eigenvalue weighted by atomic mass is 16.3. The molecule has 0 fully saturated rings. The van der Waals surface area contributed by atoms with E-state index >= 15 is 0 Å². The lowest BCUT2D eigenvalue weighted by Gasteiger charge is -2.12. The highest BCUT2D eigenvalue weighted by Gasteiger charge is 2.07. The minimum atomic E-state index is 0.0604. The Hall–Kier alpha value is -2.10. The van der Waals surface area contributed by atoms with E-state index in [9.17, 15) is 4.79 Å². The molecule has 3 rings (SSSR count). The fraction of sp³-hybridized carbons (Fsp3) is 0.412. The molecule has 4 nitrogen and oxygen atoms in total. The molecule has 1 aromatic carbocycles. The molecule has 0 aliphatic heterocycles. The van der Waals surface area contributed by atoms with Gasteiger partial charge < -0.3 is 9.73 Å². The molecule has 0 spiro atoms. The fourth-order valence-corrected chi connectivity index (χ4v) is 2.75. The molecule has 1 aliphatic carbocycles. The van der Waals surface area contributed by atoms with Crippen LogP contribution in [-0.2, 0) is 11.2 Å². The first-order valence-electron chi connectivity index (χ1n) is 7.58. The predicted octanol–water partition coefficient (Wildman–Crippen LogP) is 3.38. The number of hydrogen-bond acceptors (Lipinski definition) is 3. The van der Waals surface area contributed by atoms with Crippen molar-refractivity contribution in [2.24, 2.45) is 0 Å². The van der Waals surface area contributed by atoms with Gasteiger partial charge in [-0.25, -0.2) is 4.98 Å². The monoisotopic (exact) mass is 284 g/mol. The lowest BCUT2D eigenvalue weighted by atomic mass is 9.97. The average molecular weight is 284 g/mol. The third kappa shape index (κ3) is 3.72. The Morgan fingerprint density at radius 3 is 3.14 bits per heavy atom. The topological polar surface area (TPSA) is 55.1 Å². The van der Waals surface area contributed by atoms with Gasteiger partial charge in [-0.05, 0) is 49.8 Å². The number of carbonyl (C=O) groups excluding carboxylic acids is 1. The minimum absolute atomic E-state index is 0.0604. The number of amides is 1. The molecule has 2 aromatic rings. The molecule has 1 heterocycles. The van der Waals surface area contributed by atoms with E-state index in [0.29, 0.717) is 6.42 Å². The van der Waals surface area contributed by atoms with Gasteiger partial charge in [0, 0.05) is 6.54 Å². The lowest BCUT2D eigenvalue weighted by molar-refractivity contribution is -0.120. The number of hydrogen-bond donors (Lipinski definition) is 1. The Morgan fingerprint density at radius 2 is 2.29 bits per heavy atom. The molecule has 1 N–H and O–H groups in total. The van der Waals surface area contributed by atoms with Gasteiger partial charge in [-0.3, -0.25) is 4.79 Å². The summed E-state index contributed by atoms with van der Waals surface area (Å²) >= 11 is 0. The zero-order chi connectivity index (χ0) is 14.5. The number of aromatic nitrogens is 1. The number of nitrogens with zero attached hydrogens (tertiary/aromatic N) is 1. The summed E-state index contributed by atoms with van der Waals surface area (Å²) in [6, 6.07) is 5.69. The molecule has 21 heavy (non-hydrogen) atoms. The maximum atomic E-state index is 12.0. The molecule has 4 heteroatoms. The van der Waals surface area contributed by atoms with E-state index in [1.807, 2.05) is 18.2 Å². The molecule has 0 bridgehead atoms. The minimum Gasteiger partial charge on any atom is -0.443 e. The van der Waals surface area contributed by atoms with Gasteiger partial charge in [0.1, 0.15) is 5.52 Å². The summed E-state index contributed by atoms with van der Waals surface area (Å²) in [6.45, 7) is 0.731. The van der Waals surface area contributed by atoms with Crippen molar-refractivity contribution in [3.63, 3.8) is 0 Å². The zero-order valence-electron chi connectivity index (χ0n) is 12.1. The Morgan fingerprint density at radius 1 is 1.33 bits per heavy atom. The molecule has 110 valence electrons. The van der Waals surface area contributed by atoms with Gasteiger partial charge >= 0.3 is 0 Å². The van der Waals surface area contributed by atoms with Gasteiger partial charge in [-0.15, -0.1) is 0 Å². The Balaban J connectivity index is 1.48. The van der Waals surface area contributed by atoms with Crippen LogP contribution in [0.5, 0.6) is 0 Å². The third-order valence-electron chi connectivity index (χ3n) is 3.91. The van der Waals surface area contributed by atoms with Crippen LogP contribution in [0.25, 0.3) is 11.1 Å². The maximum Gasteiger partial charge on any atom is 0.224 e. The van der Waals surface area contributed by atoms with Gasteiger partial charge in [-0.2, -0.15) is 0 Å². The summed E-state index contributed by atoms with van der Waals surface area (Å²) in [4.78, 5) is 16.0. The average Bonchev–Trinajstić information content (AvgIpc) is 2.96.